The van der Waals surface area contributed by atoms with Gasteiger partial charge in [0.15, 0.2) is 15.5 Å². The molecule has 1 saturated carbocycles. The van der Waals surface area contributed by atoms with Gasteiger partial charge in [0.1, 0.15) is 47.4 Å². The molecular formula is C42H35ClF10N8O8S2. The van der Waals surface area contributed by atoms with Crippen LogP contribution in [0.15, 0.2) is 42.5 Å². The molecule has 2 aliphatic rings. The van der Waals surface area contributed by atoms with Crippen molar-refractivity contribution in [1.82, 2.24) is 39.5 Å². The molecule has 3 heterocycles. The zero-order chi connectivity index (χ0) is 52.5. The first-order chi connectivity index (χ1) is 32.8. The number of benzene rings is 2. The molecular weight excluding hydrogens is 1030 g/mol. The van der Waals surface area contributed by atoms with Crippen molar-refractivity contribution in [1.29, 1.82) is 0 Å². The molecule has 1 fully saturated rings. The van der Waals surface area contributed by atoms with Crippen LogP contribution in [0.2, 0.25) is 5.02 Å². The van der Waals surface area contributed by atoms with Crippen molar-refractivity contribution in [2.45, 2.75) is 81.3 Å². The molecule has 7 rings (SSSR count). The number of nitrogens with one attached hydrogen (secondary N) is 2. The van der Waals surface area contributed by atoms with Gasteiger partial charge >= 0.3 is 18.4 Å². The minimum Gasteiger partial charge on any atom is -0.465 e. The Labute approximate surface area is 402 Å². The quantitative estimate of drug-likeness (QED) is 0.0503. The number of pyridine rings is 1. The third-order valence-corrected chi connectivity index (χ3v) is 14.5. The van der Waals surface area contributed by atoms with Crippen LogP contribution in [-0.2, 0) is 68.8 Å². The number of rotatable bonds is 14. The van der Waals surface area contributed by atoms with Crippen molar-refractivity contribution in [3.05, 3.63) is 98.7 Å². The van der Waals surface area contributed by atoms with Gasteiger partial charge in [0.2, 0.25) is 5.91 Å². The number of carboxylic acid groups (broad SMARTS) is 1. The highest BCUT2D eigenvalue weighted by atomic mass is 35.5. The Morgan fingerprint density at radius 3 is 2.25 bits per heavy atom. The number of alkyl halides is 8. The van der Waals surface area contributed by atoms with Crippen molar-refractivity contribution < 1.29 is 80.6 Å². The number of nitrogens with zero attached hydrogens (tertiary/aromatic N) is 6. The van der Waals surface area contributed by atoms with E-state index in [1.54, 1.807) is 5.32 Å². The molecule has 3 aromatic heterocycles. The number of fused-ring (bicyclic) bond motifs is 4. The zero-order valence-corrected chi connectivity index (χ0v) is 38.9. The lowest BCUT2D eigenvalue weighted by Crippen LogP contribution is -2.40. The Morgan fingerprint density at radius 2 is 1.66 bits per heavy atom. The standard InChI is InChI=1S/C42H35ClF10N8O8S2/c1-39(2,71(3,68)69)9-8-22-4-5-23(24-6-7-27(43)33-29(57-60(35(24)33)18-40(46,47)48)16-61(70(66)67)31(63)15-54-38(64)65)34(55-22)28(12-19-10-20(44)13-21(45)11-19)56-30(62)17-59-37-32(36(58-59)42(51,52)53)25-14-26(25)41(37,49)50/h4-7,10-11,13,25-26,28,54H,12,14-18H2,1-3H3,(H,56,62)(H,64,65)(H,66,67)/t25-,26+,28?/m0/s1. The first-order valence-corrected chi connectivity index (χ1v) is 23.8. The Balaban J connectivity index is 1.45. The van der Waals surface area contributed by atoms with Gasteiger partial charge in [-0.05, 0) is 74.4 Å². The van der Waals surface area contributed by atoms with Gasteiger partial charge in [-0.25, -0.2) is 35.5 Å². The second-order valence-electron chi connectivity index (χ2n) is 17.0. The summed E-state index contributed by atoms with van der Waals surface area (Å²) in [5.74, 6) is -6.42. The van der Waals surface area contributed by atoms with Crippen molar-refractivity contribution in [3.8, 4) is 23.0 Å². The van der Waals surface area contributed by atoms with Crippen LogP contribution < -0.4 is 10.6 Å². The van der Waals surface area contributed by atoms with Crippen LogP contribution in [0.1, 0.15) is 71.8 Å². The van der Waals surface area contributed by atoms with Gasteiger partial charge < -0.3 is 15.7 Å². The molecule has 29 heteroatoms. The molecule has 71 heavy (non-hydrogen) atoms. The molecule has 16 nitrogen and oxygen atoms in total. The summed E-state index contributed by atoms with van der Waals surface area (Å²) in [6, 6.07) is 4.87. The average Bonchev–Trinajstić information content (AvgIpc) is 3.75. The van der Waals surface area contributed by atoms with Crippen LogP contribution in [-0.4, -0.2) is 92.8 Å². The summed E-state index contributed by atoms with van der Waals surface area (Å²) in [4.78, 5) is 42.6. The first kappa shape index (κ1) is 52.5. The van der Waals surface area contributed by atoms with Gasteiger partial charge in [-0.15, -0.1) is 0 Å². The fourth-order valence-corrected chi connectivity index (χ4v) is 9.04. The lowest BCUT2D eigenvalue weighted by atomic mass is 9.93. The van der Waals surface area contributed by atoms with Crippen molar-refractivity contribution in [3.63, 3.8) is 0 Å². The fourth-order valence-electron chi connectivity index (χ4n) is 8.07. The van der Waals surface area contributed by atoms with Crippen LogP contribution in [0.4, 0.5) is 48.7 Å². The molecule has 0 bridgehead atoms. The predicted molar refractivity (Wildman–Crippen MR) is 230 cm³/mol. The summed E-state index contributed by atoms with van der Waals surface area (Å²) in [5.41, 5.74) is -6.22. The van der Waals surface area contributed by atoms with Crippen molar-refractivity contribution in [2.24, 2.45) is 5.92 Å². The minimum atomic E-state index is -5.22. The molecule has 4 N–H and O–H groups in total. The predicted octanol–water partition coefficient (Wildman–Crippen LogP) is 7.02. The van der Waals surface area contributed by atoms with Crippen molar-refractivity contribution in [2.75, 3.05) is 12.8 Å². The minimum absolute atomic E-state index is 0.145. The van der Waals surface area contributed by atoms with E-state index in [1.807, 2.05) is 0 Å². The number of carbonyl (C=O) groups excluding carboxylic acids is 2. The Kier molecular flexibility index (Phi) is 13.8. The summed E-state index contributed by atoms with van der Waals surface area (Å²) in [6.45, 7) is -2.89. The van der Waals surface area contributed by atoms with E-state index in [0.717, 1.165) is 42.7 Å². The van der Waals surface area contributed by atoms with E-state index in [4.69, 9.17) is 16.7 Å². The first-order valence-electron chi connectivity index (χ1n) is 20.4. The number of amides is 3. The largest absolute Gasteiger partial charge is 0.465 e. The molecule has 3 amide bonds. The highest BCUT2D eigenvalue weighted by Gasteiger charge is 2.68. The maximum absolute atomic E-state index is 15.5. The fraction of sp³-hybridized carbons (Fsp3) is 0.381. The molecule has 2 aliphatic carbocycles. The molecule has 0 aliphatic heterocycles. The van der Waals surface area contributed by atoms with E-state index in [0.29, 0.717) is 10.7 Å². The molecule has 380 valence electrons. The third kappa shape index (κ3) is 11.0. The Bertz CT molecular complexity index is 3200. The van der Waals surface area contributed by atoms with Gasteiger partial charge in [0.05, 0.1) is 34.5 Å². The maximum atomic E-state index is 15.5. The average molecular weight is 1070 g/mol. The summed E-state index contributed by atoms with van der Waals surface area (Å²) < 4.78 is 193. The SMILES string of the molecule is CC(C)(C#Cc1ccc(-c2ccc(Cl)c3c(CN(C(=O)CNC(=O)O)S(=O)O)nn(CC(F)(F)F)c23)c(C(Cc2cc(F)cc(F)c2)NC(=O)Cn2nc(C(F)(F)F)c3c2C(F)(F)[C@@H]2C[C@H]32)n1)S(C)(=O)=O. The van der Waals surface area contributed by atoms with Gasteiger partial charge in [0, 0.05) is 40.3 Å². The monoisotopic (exact) mass is 1070 g/mol. The number of sulfone groups is 1. The highest BCUT2D eigenvalue weighted by Crippen LogP contribution is 2.68. The van der Waals surface area contributed by atoms with Crippen LogP contribution in [0, 0.1) is 29.4 Å². The Morgan fingerprint density at radius 1 is 1.01 bits per heavy atom. The van der Waals surface area contributed by atoms with Gasteiger partial charge in [0.25, 0.3) is 23.1 Å². The number of hydrogen-bond acceptors (Lipinski definition) is 9. The van der Waals surface area contributed by atoms with E-state index in [-0.39, 0.29) is 42.8 Å². The topological polar surface area (TPSA) is 219 Å². The number of carbonyl (C=O) groups is 3. The van der Waals surface area contributed by atoms with Crippen LogP contribution in [0.5, 0.6) is 0 Å². The van der Waals surface area contributed by atoms with Crippen LogP contribution in [0.25, 0.3) is 22.0 Å². The maximum Gasteiger partial charge on any atom is 0.435 e. The Hall–Kier alpha value is -6.31. The number of hydrogen-bond donors (Lipinski definition) is 4. The van der Waals surface area contributed by atoms with E-state index < -0.39 is 163 Å². The van der Waals surface area contributed by atoms with Gasteiger partial charge in [-0.1, -0.05) is 23.6 Å². The lowest BCUT2D eigenvalue weighted by molar-refractivity contribution is -0.143. The van der Waals surface area contributed by atoms with Crippen molar-refractivity contribution >= 4 is 61.5 Å². The zero-order valence-electron chi connectivity index (χ0n) is 36.5. The molecule has 0 saturated heterocycles. The molecule has 0 spiro atoms. The second-order valence-corrected chi connectivity index (χ2v) is 20.8. The molecule has 0 radical (unpaired) electrons. The summed E-state index contributed by atoms with van der Waals surface area (Å²) >= 11 is 3.33. The van der Waals surface area contributed by atoms with Crippen LogP contribution in [0.3, 0.4) is 0 Å². The number of halogens is 11. The molecule has 4 atom stereocenters. The summed E-state index contributed by atoms with van der Waals surface area (Å²) in [7, 11) is -3.90. The normalized spacial score (nSPS) is 17.2. The summed E-state index contributed by atoms with van der Waals surface area (Å²) in [6.07, 6.45) is -12.1. The smallest absolute Gasteiger partial charge is 0.435 e. The lowest BCUT2D eigenvalue weighted by Gasteiger charge is -2.23. The highest BCUT2D eigenvalue weighted by molar-refractivity contribution is 7.92. The van der Waals surface area contributed by atoms with Crippen LogP contribution >= 0.6 is 11.6 Å². The third-order valence-electron chi connectivity index (χ3n) is 11.5. The number of aromatic nitrogens is 5. The second kappa shape index (κ2) is 18.7. The van der Waals surface area contributed by atoms with Gasteiger partial charge in [-0.2, -0.15) is 45.3 Å². The van der Waals surface area contributed by atoms with E-state index in [1.165, 1.54) is 13.8 Å². The molecule has 5 aromatic rings. The van der Waals surface area contributed by atoms with Gasteiger partial charge in [-0.3, -0.25) is 23.5 Å². The van der Waals surface area contributed by atoms with E-state index in [9.17, 15) is 66.7 Å². The molecule has 2 aromatic carbocycles. The summed E-state index contributed by atoms with van der Waals surface area (Å²) in [5, 5.41) is 19.6. The van der Waals surface area contributed by atoms with E-state index >= 15 is 8.78 Å². The van der Waals surface area contributed by atoms with E-state index in [2.05, 4.69) is 32.3 Å². The molecule has 2 unspecified atom stereocenters.